The molecule has 1 aliphatic heterocycles. The Bertz CT molecular complexity index is 1170. The van der Waals surface area contributed by atoms with E-state index in [4.69, 9.17) is 20.9 Å². The molecule has 1 aliphatic rings. The highest BCUT2D eigenvalue weighted by Gasteiger charge is 2.26. The Balaban J connectivity index is 1.42. The van der Waals surface area contributed by atoms with Crippen molar-refractivity contribution in [2.45, 2.75) is 4.90 Å². The van der Waals surface area contributed by atoms with E-state index in [0.717, 1.165) is 5.56 Å². The summed E-state index contributed by atoms with van der Waals surface area (Å²) in [5.74, 6) is 0.0545. The molecule has 1 fully saturated rings. The highest BCUT2D eigenvalue weighted by atomic mass is 35.5. The van der Waals surface area contributed by atoms with Crippen LogP contribution in [0.3, 0.4) is 0 Å². The summed E-state index contributed by atoms with van der Waals surface area (Å²) in [5.41, 5.74) is 1.72. The zero-order chi connectivity index (χ0) is 21.8. The fourth-order valence-electron chi connectivity index (χ4n) is 3.15. The van der Waals surface area contributed by atoms with Crippen molar-refractivity contribution in [3.8, 4) is 11.3 Å². The summed E-state index contributed by atoms with van der Waals surface area (Å²) in [6.07, 6.45) is 0. The first-order valence-electron chi connectivity index (χ1n) is 9.61. The van der Waals surface area contributed by atoms with Gasteiger partial charge in [-0.25, -0.2) is 8.42 Å². The van der Waals surface area contributed by atoms with Crippen LogP contribution >= 0.6 is 11.6 Å². The first-order valence-corrected chi connectivity index (χ1v) is 11.4. The lowest BCUT2D eigenvalue weighted by Gasteiger charge is -2.26. The molecule has 8 nitrogen and oxygen atoms in total. The number of morpholine rings is 1. The third-order valence-corrected chi connectivity index (χ3v) is 6.98. The number of benzene rings is 2. The van der Waals surface area contributed by atoms with Crippen LogP contribution in [0.4, 0.5) is 5.88 Å². The second-order valence-corrected chi connectivity index (χ2v) is 9.28. The van der Waals surface area contributed by atoms with Gasteiger partial charge in [-0.05, 0) is 24.3 Å². The van der Waals surface area contributed by atoms with Crippen molar-refractivity contribution in [2.75, 3.05) is 38.2 Å². The number of carbonyl (C=O) groups is 1. The van der Waals surface area contributed by atoms with E-state index in [-0.39, 0.29) is 17.2 Å². The van der Waals surface area contributed by atoms with Crippen molar-refractivity contribution >= 4 is 33.3 Å². The molecule has 2 heterocycles. The van der Waals surface area contributed by atoms with E-state index < -0.39 is 10.0 Å². The molecule has 1 saturated heterocycles. The van der Waals surface area contributed by atoms with Gasteiger partial charge >= 0.3 is 0 Å². The molecule has 0 amide bonds. The van der Waals surface area contributed by atoms with Gasteiger partial charge in [-0.15, -0.1) is 0 Å². The Kier molecular flexibility index (Phi) is 6.38. The predicted octanol–water partition coefficient (Wildman–Crippen LogP) is 3.31. The summed E-state index contributed by atoms with van der Waals surface area (Å²) < 4.78 is 37.4. The Labute approximate surface area is 184 Å². The van der Waals surface area contributed by atoms with Gasteiger partial charge in [-0.1, -0.05) is 41.0 Å². The topological polar surface area (TPSA) is 102 Å². The van der Waals surface area contributed by atoms with Crippen molar-refractivity contribution in [2.24, 2.45) is 0 Å². The van der Waals surface area contributed by atoms with E-state index in [2.05, 4.69) is 10.5 Å². The van der Waals surface area contributed by atoms with E-state index in [0.29, 0.717) is 48.5 Å². The molecule has 1 N–H and O–H groups in total. The molecule has 0 atom stereocenters. The fourth-order valence-corrected chi connectivity index (χ4v) is 4.73. The fraction of sp³-hybridized carbons (Fsp3) is 0.238. The number of hydrogen-bond donors (Lipinski definition) is 1. The van der Waals surface area contributed by atoms with E-state index >= 15 is 0 Å². The van der Waals surface area contributed by atoms with Gasteiger partial charge in [0.1, 0.15) is 5.69 Å². The van der Waals surface area contributed by atoms with Gasteiger partial charge in [0.05, 0.1) is 24.7 Å². The summed E-state index contributed by atoms with van der Waals surface area (Å²) in [5, 5.41) is 7.48. The van der Waals surface area contributed by atoms with Gasteiger partial charge in [0.2, 0.25) is 15.9 Å². The molecule has 0 bridgehead atoms. The first-order chi connectivity index (χ1) is 14.9. The Morgan fingerprint density at radius 2 is 1.84 bits per heavy atom. The number of nitrogens with zero attached hydrogens (tertiary/aromatic N) is 2. The Morgan fingerprint density at radius 1 is 1.10 bits per heavy atom. The molecule has 0 unspecified atom stereocenters. The SMILES string of the molecule is O=C(CNc1cc(-c2ccc(Cl)cc2)no1)c1cccc(S(=O)(=O)N2CCOCC2)c1. The molecule has 2 aromatic carbocycles. The number of anilines is 1. The van der Waals surface area contributed by atoms with Crippen LogP contribution in [0.2, 0.25) is 5.02 Å². The largest absolute Gasteiger partial charge is 0.379 e. The summed E-state index contributed by atoms with van der Waals surface area (Å²) in [7, 11) is -3.67. The highest BCUT2D eigenvalue weighted by Crippen LogP contribution is 2.23. The Morgan fingerprint density at radius 3 is 2.58 bits per heavy atom. The zero-order valence-electron chi connectivity index (χ0n) is 16.5. The summed E-state index contributed by atoms with van der Waals surface area (Å²) >= 11 is 5.89. The molecule has 31 heavy (non-hydrogen) atoms. The highest BCUT2D eigenvalue weighted by molar-refractivity contribution is 7.89. The number of rotatable bonds is 7. The van der Waals surface area contributed by atoms with Crippen molar-refractivity contribution in [1.29, 1.82) is 0 Å². The van der Waals surface area contributed by atoms with Gasteiger partial charge in [0, 0.05) is 35.3 Å². The minimum absolute atomic E-state index is 0.0731. The van der Waals surface area contributed by atoms with Gasteiger partial charge in [-0.2, -0.15) is 4.31 Å². The number of aromatic nitrogens is 1. The molecule has 0 saturated carbocycles. The van der Waals surface area contributed by atoms with Crippen LogP contribution in [0.15, 0.2) is 64.0 Å². The number of hydrogen-bond acceptors (Lipinski definition) is 7. The molecule has 1 aromatic heterocycles. The van der Waals surface area contributed by atoms with Crippen molar-refractivity contribution in [3.63, 3.8) is 0 Å². The number of ether oxygens (including phenoxy) is 1. The quantitative estimate of drug-likeness (QED) is 0.538. The van der Waals surface area contributed by atoms with Gasteiger partial charge in [-0.3, -0.25) is 4.79 Å². The van der Waals surface area contributed by atoms with Crippen LogP contribution in [0.25, 0.3) is 11.3 Å². The monoisotopic (exact) mass is 461 g/mol. The molecule has 162 valence electrons. The molecule has 0 spiro atoms. The number of Topliss-reactive ketones (excluding diaryl/α,β-unsaturated/α-hetero) is 1. The number of halogens is 1. The lowest BCUT2D eigenvalue weighted by molar-refractivity contribution is 0.0730. The Hall–Kier alpha value is -2.72. The van der Waals surface area contributed by atoms with Crippen LogP contribution in [0.1, 0.15) is 10.4 Å². The van der Waals surface area contributed by atoms with Crippen LogP contribution in [0.5, 0.6) is 0 Å². The molecular formula is C21H20ClN3O5S. The van der Waals surface area contributed by atoms with Crippen molar-refractivity contribution in [1.82, 2.24) is 9.46 Å². The lowest BCUT2D eigenvalue weighted by Crippen LogP contribution is -2.40. The van der Waals surface area contributed by atoms with Crippen molar-refractivity contribution in [3.05, 3.63) is 65.2 Å². The third kappa shape index (κ3) is 4.96. The average Bonchev–Trinajstić information content (AvgIpc) is 3.27. The maximum Gasteiger partial charge on any atom is 0.243 e. The standard InChI is InChI=1S/C21H20ClN3O5S/c22-17-6-4-15(5-7-17)19-13-21(30-24-19)23-14-20(26)16-2-1-3-18(12-16)31(27,28)25-8-10-29-11-9-25/h1-7,12-13,23H,8-11,14H2. The minimum Gasteiger partial charge on any atom is -0.379 e. The molecule has 3 aromatic rings. The number of nitrogens with one attached hydrogen (secondary N) is 1. The van der Waals surface area contributed by atoms with E-state index in [1.54, 1.807) is 30.3 Å². The summed E-state index contributed by atoms with van der Waals surface area (Å²) in [6, 6.07) is 14.8. The molecule has 4 rings (SSSR count). The second-order valence-electron chi connectivity index (χ2n) is 6.90. The number of carbonyl (C=O) groups excluding carboxylic acids is 1. The van der Waals surface area contributed by atoms with Crippen LogP contribution in [-0.2, 0) is 14.8 Å². The van der Waals surface area contributed by atoms with Crippen LogP contribution in [-0.4, -0.2) is 56.5 Å². The van der Waals surface area contributed by atoms with Crippen LogP contribution in [0, 0.1) is 0 Å². The van der Waals surface area contributed by atoms with Gasteiger partial charge in [0.15, 0.2) is 5.78 Å². The van der Waals surface area contributed by atoms with Gasteiger partial charge < -0.3 is 14.6 Å². The van der Waals surface area contributed by atoms with Crippen molar-refractivity contribution < 1.29 is 22.5 Å². The molecule has 0 aliphatic carbocycles. The van der Waals surface area contributed by atoms with Crippen LogP contribution < -0.4 is 5.32 Å². The first kappa shape index (κ1) is 21.5. The minimum atomic E-state index is -3.67. The molecule has 0 radical (unpaired) electrons. The van der Waals surface area contributed by atoms with E-state index in [9.17, 15) is 13.2 Å². The average molecular weight is 462 g/mol. The predicted molar refractivity (Wildman–Crippen MR) is 116 cm³/mol. The summed E-state index contributed by atoms with van der Waals surface area (Å²) in [6.45, 7) is 1.23. The smallest absolute Gasteiger partial charge is 0.243 e. The lowest BCUT2D eigenvalue weighted by atomic mass is 10.1. The maximum atomic E-state index is 12.8. The summed E-state index contributed by atoms with van der Waals surface area (Å²) in [4.78, 5) is 12.7. The second kappa shape index (κ2) is 9.19. The maximum absolute atomic E-state index is 12.8. The normalized spacial score (nSPS) is 15.0. The third-order valence-electron chi connectivity index (χ3n) is 4.84. The van der Waals surface area contributed by atoms with Gasteiger partial charge in [0.25, 0.3) is 0 Å². The van der Waals surface area contributed by atoms with E-state index in [1.807, 2.05) is 12.1 Å². The number of ketones is 1. The molecule has 10 heteroatoms. The molecular weight excluding hydrogens is 442 g/mol. The van der Waals surface area contributed by atoms with E-state index in [1.165, 1.54) is 16.4 Å². The zero-order valence-corrected chi connectivity index (χ0v) is 18.0. The number of sulfonamides is 1.